The first-order valence-electron chi connectivity index (χ1n) is 6.22. The maximum atomic E-state index is 11.7. The second-order valence-electron chi connectivity index (χ2n) is 5.46. The molecule has 0 radical (unpaired) electrons. The lowest BCUT2D eigenvalue weighted by Crippen LogP contribution is -2.37. The first kappa shape index (κ1) is 12.9. The number of H-pyrrole nitrogens is 1. The molecule has 0 aliphatic rings. The molecule has 0 amide bonds. The van der Waals surface area contributed by atoms with E-state index in [0.717, 1.165) is 10.9 Å². The van der Waals surface area contributed by atoms with Crippen molar-refractivity contribution in [3.8, 4) is 0 Å². The summed E-state index contributed by atoms with van der Waals surface area (Å²) < 4.78 is 4.99. The van der Waals surface area contributed by atoms with Gasteiger partial charge in [-0.1, -0.05) is 37.0 Å². The minimum Gasteiger partial charge on any atom is -0.461 e. The van der Waals surface area contributed by atoms with Gasteiger partial charge in [0, 0.05) is 10.9 Å². The molecule has 3 nitrogen and oxygen atoms in total. The van der Waals surface area contributed by atoms with E-state index in [2.05, 4.69) is 36.8 Å². The van der Waals surface area contributed by atoms with E-state index < -0.39 is 8.07 Å². The number of esters is 1. The molecule has 0 atom stereocenters. The number of aromatic amines is 1. The smallest absolute Gasteiger partial charge is 0.354 e. The number of fused-ring (bicyclic) bond motifs is 1. The topological polar surface area (TPSA) is 42.1 Å². The SMILES string of the molecule is CCOC(=O)c1cc2cc([Si](C)(C)C)ccc2[nH]1. The van der Waals surface area contributed by atoms with Crippen molar-refractivity contribution in [3.63, 3.8) is 0 Å². The van der Waals surface area contributed by atoms with Crippen LogP contribution in [0.2, 0.25) is 19.6 Å². The van der Waals surface area contributed by atoms with Gasteiger partial charge >= 0.3 is 5.97 Å². The minimum absolute atomic E-state index is 0.289. The quantitative estimate of drug-likeness (QED) is 0.682. The van der Waals surface area contributed by atoms with Crippen molar-refractivity contribution in [1.29, 1.82) is 0 Å². The Morgan fingerprint density at radius 1 is 1.28 bits per heavy atom. The summed E-state index contributed by atoms with van der Waals surface area (Å²) in [4.78, 5) is 14.8. The number of nitrogens with one attached hydrogen (secondary N) is 1. The molecule has 18 heavy (non-hydrogen) atoms. The number of hydrogen-bond acceptors (Lipinski definition) is 2. The molecule has 0 saturated carbocycles. The van der Waals surface area contributed by atoms with Crippen molar-refractivity contribution in [1.82, 2.24) is 4.98 Å². The van der Waals surface area contributed by atoms with Gasteiger partial charge in [0.05, 0.1) is 14.7 Å². The standard InChI is InChI=1S/C14H19NO2Si/c1-5-17-14(16)13-9-10-8-11(18(2,3)4)6-7-12(10)15-13/h6-9,15H,5H2,1-4H3. The zero-order chi connectivity index (χ0) is 13.3. The maximum Gasteiger partial charge on any atom is 0.354 e. The molecule has 0 saturated heterocycles. The molecule has 0 unspecified atom stereocenters. The zero-order valence-electron chi connectivity index (χ0n) is 11.3. The van der Waals surface area contributed by atoms with Gasteiger partial charge < -0.3 is 9.72 Å². The van der Waals surface area contributed by atoms with E-state index >= 15 is 0 Å². The van der Waals surface area contributed by atoms with E-state index in [1.807, 2.05) is 19.1 Å². The van der Waals surface area contributed by atoms with Crippen LogP contribution in [0.4, 0.5) is 0 Å². The molecule has 2 aromatic rings. The Balaban J connectivity index is 2.43. The van der Waals surface area contributed by atoms with Gasteiger partial charge in [-0.15, -0.1) is 0 Å². The lowest BCUT2D eigenvalue weighted by molar-refractivity contribution is 0.0520. The molecule has 2 rings (SSSR count). The second-order valence-corrected chi connectivity index (χ2v) is 10.5. The fraction of sp³-hybridized carbons (Fsp3) is 0.357. The van der Waals surface area contributed by atoms with E-state index in [9.17, 15) is 4.79 Å². The van der Waals surface area contributed by atoms with Crippen molar-refractivity contribution in [3.05, 3.63) is 30.0 Å². The highest BCUT2D eigenvalue weighted by molar-refractivity contribution is 6.88. The monoisotopic (exact) mass is 261 g/mol. The summed E-state index contributed by atoms with van der Waals surface area (Å²) >= 11 is 0. The Morgan fingerprint density at radius 2 is 2.00 bits per heavy atom. The van der Waals surface area contributed by atoms with Crippen molar-refractivity contribution < 1.29 is 9.53 Å². The Hall–Kier alpha value is -1.55. The molecule has 96 valence electrons. The molecular formula is C14H19NO2Si. The Morgan fingerprint density at radius 3 is 2.61 bits per heavy atom. The first-order chi connectivity index (χ1) is 8.41. The molecule has 1 N–H and O–H groups in total. The summed E-state index contributed by atoms with van der Waals surface area (Å²) in [7, 11) is -1.31. The van der Waals surface area contributed by atoms with Gasteiger partial charge in [-0.25, -0.2) is 4.79 Å². The van der Waals surface area contributed by atoms with Crippen LogP contribution in [-0.4, -0.2) is 25.6 Å². The van der Waals surface area contributed by atoms with Crippen LogP contribution in [0.1, 0.15) is 17.4 Å². The van der Waals surface area contributed by atoms with Crippen molar-refractivity contribution in [2.45, 2.75) is 26.6 Å². The predicted octanol–water partition coefficient (Wildman–Crippen LogP) is 2.89. The molecule has 0 bridgehead atoms. The Bertz CT molecular complexity index is 581. The van der Waals surface area contributed by atoms with Gasteiger partial charge in [0.15, 0.2) is 0 Å². The van der Waals surface area contributed by atoms with Crippen LogP contribution < -0.4 is 5.19 Å². The highest BCUT2D eigenvalue weighted by Crippen LogP contribution is 2.16. The highest BCUT2D eigenvalue weighted by atomic mass is 28.3. The number of hydrogen-bond donors (Lipinski definition) is 1. The lowest BCUT2D eigenvalue weighted by Gasteiger charge is -2.16. The fourth-order valence-electron chi connectivity index (χ4n) is 1.92. The number of benzene rings is 1. The molecule has 4 heteroatoms. The lowest BCUT2D eigenvalue weighted by atomic mass is 10.2. The summed E-state index contributed by atoms with van der Waals surface area (Å²) in [6, 6.07) is 8.25. The summed E-state index contributed by atoms with van der Waals surface area (Å²) in [6.07, 6.45) is 0. The van der Waals surface area contributed by atoms with Crippen LogP contribution in [0.3, 0.4) is 0 Å². The van der Waals surface area contributed by atoms with Gasteiger partial charge in [0.2, 0.25) is 0 Å². The van der Waals surface area contributed by atoms with Crippen LogP contribution >= 0.6 is 0 Å². The summed E-state index contributed by atoms with van der Waals surface area (Å²) in [6.45, 7) is 9.14. The Labute approximate surface area is 108 Å². The second kappa shape index (κ2) is 4.61. The maximum absolute atomic E-state index is 11.7. The molecule has 0 aliphatic heterocycles. The van der Waals surface area contributed by atoms with Crippen molar-refractivity contribution in [2.75, 3.05) is 6.61 Å². The molecule has 1 aromatic heterocycles. The third-order valence-electron chi connectivity index (χ3n) is 2.98. The van der Waals surface area contributed by atoms with Crippen LogP contribution in [0.25, 0.3) is 10.9 Å². The third-order valence-corrected chi connectivity index (χ3v) is 5.03. The summed E-state index contributed by atoms with van der Waals surface area (Å²) in [5, 5.41) is 2.47. The van der Waals surface area contributed by atoms with E-state index in [1.54, 1.807) is 0 Å². The van der Waals surface area contributed by atoms with E-state index in [1.165, 1.54) is 5.19 Å². The third kappa shape index (κ3) is 2.48. The number of aromatic nitrogens is 1. The van der Waals surface area contributed by atoms with Gasteiger partial charge in [-0.2, -0.15) is 0 Å². The predicted molar refractivity (Wildman–Crippen MR) is 77.2 cm³/mol. The molecule has 1 heterocycles. The molecule has 0 spiro atoms. The summed E-state index contributed by atoms with van der Waals surface area (Å²) in [5.41, 5.74) is 1.51. The van der Waals surface area contributed by atoms with Gasteiger partial charge in [0.1, 0.15) is 5.69 Å². The molecule has 0 fully saturated rings. The van der Waals surface area contributed by atoms with Crippen LogP contribution in [0.5, 0.6) is 0 Å². The van der Waals surface area contributed by atoms with Gasteiger partial charge in [0.25, 0.3) is 0 Å². The zero-order valence-corrected chi connectivity index (χ0v) is 12.3. The number of rotatable bonds is 3. The van der Waals surface area contributed by atoms with Crippen molar-refractivity contribution in [2.24, 2.45) is 0 Å². The molecular weight excluding hydrogens is 242 g/mol. The number of ether oxygens (including phenoxy) is 1. The number of carbonyl (C=O) groups excluding carboxylic acids is 1. The summed E-state index contributed by atoms with van der Waals surface area (Å²) in [5.74, 6) is -0.289. The van der Waals surface area contributed by atoms with E-state index in [-0.39, 0.29) is 5.97 Å². The minimum atomic E-state index is -1.31. The highest BCUT2D eigenvalue weighted by Gasteiger charge is 2.17. The van der Waals surface area contributed by atoms with E-state index in [0.29, 0.717) is 12.3 Å². The van der Waals surface area contributed by atoms with Gasteiger partial charge in [-0.05, 0) is 19.1 Å². The molecule has 1 aromatic carbocycles. The van der Waals surface area contributed by atoms with Crippen molar-refractivity contribution >= 4 is 30.1 Å². The van der Waals surface area contributed by atoms with Crippen LogP contribution in [0, 0.1) is 0 Å². The largest absolute Gasteiger partial charge is 0.461 e. The normalized spacial score (nSPS) is 11.8. The Kier molecular flexibility index (Phi) is 3.30. The fourth-order valence-corrected chi connectivity index (χ4v) is 3.09. The van der Waals surface area contributed by atoms with Gasteiger partial charge in [-0.3, -0.25) is 0 Å². The first-order valence-corrected chi connectivity index (χ1v) is 9.72. The average molecular weight is 261 g/mol. The average Bonchev–Trinajstić information content (AvgIpc) is 2.70. The van der Waals surface area contributed by atoms with E-state index in [4.69, 9.17) is 4.74 Å². The van der Waals surface area contributed by atoms with Crippen LogP contribution in [-0.2, 0) is 4.74 Å². The molecule has 0 aliphatic carbocycles. The van der Waals surface area contributed by atoms with Crippen LogP contribution in [0.15, 0.2) is 24.3 Å². The number of carbonyl (C=O) groups is 1.